The molecular formula is C10H10O3S. The Bertz CT molecular complexity index is 391. The van der Waals surface area contributed by atoms with Gasteiger partial charge in [0, 0.05) is 10.4 Å². The zero-order chi connectivity index (χ0) is 9.97. The maximum Gasteiger partial charge on any atom is 0.173 e. The summed E-state index contributed by atoms with van der Waals surface area (Å²) in [6.07, 6.45) is 2.46. The van der Waals surface area contributed by atoms with Crippen molar-refractivity contribution in [2.24, 2.45) is 0 Å². The minimum Gasteiger partial charge on any atom is -0.487 e. The summed E-state index contributed by atoms with van der Waals surface area (Å²) in [7, 11) is 1.61. The molecule has 2 aromatic rings. The van der Waals surface area contributed by atoms with Crippen LogP contribution in [-0.4, -0.2) is 12.2 Å². The first-order chi connectivity index (χ1) is 6.81. The van der Waals surface area contributed by atoms with Crippen molar-refractivity contribution in [2.45, 2.75) is 6.10 Å². The first-order valence-corrected chi connectivity index (χ1v) is 4.97. The molecule has 0 aromatic carbocycles. The molecule has 0 spiro atoms. The summed E-state index contributed by atoms with van der Waals surface area (Å²) in [4.78, 5) is 0.850. The van der Waals surface area contributed by atoms with Gasteiger partial charge in [0.15, 0.2) is 5.06 Å². The summed E-state index contributed by atoms with van der Waals surface area (Å²) < 4.78 is 9.95. The van der Waals surface area contributed by atoms with Crippen LogP contribution in [0.3, 0.4) is 0 Å². The monoisotopic (exact) mass is 210 g/mol. The topological polar surface area (TPSA) is 42.6 Å². The number of hydrogen-bond acceptors (Lipinski definition) is 4. The molecule has 74 valence electrons. The number of ether oxygens (including phenoxy) is 1. The quantitative estimate of drug-likeness (QED) is 0.846. The third kappa shape index (κ3) is 1.66. The maximum absolute atomic E-state index is 9.88. The minimum atomic E-state index is -0.623. The second kappa shape index (κ2) is 3.86. The second-order valence-corrected chi connectivity index (χ2v) is 3.90. The standard InChI is InChI=1S/C10H10O3S/c1-12-9-3-2-8(14-9)10(11)7-4-5-13-6-7/h2-6,10-11H,1H3. The maximum atomic E-state index is 9.88. The van der Waals surface area contributed by atoms with Crippen molar-refractivity contribution in [3.05, 3.63) is 41.2 Å². The van der Waals surface area contributed by atoms with Gasteiger partial charge in [0.1, 0.15) is 6.10 Å². The average Bonchev–Trinajstić information content (AvgIpc) is 2.88. The Labute approximate surface area is 85.6 Å². The van der Waals surface area contributed by atoms with E-state index in [1.54, 1.807) is 19.4 Å². The molecule has 2 heterocycles. The van der Waals surface area contributed by atoms with Gasteiger partial charge in [0.05, 0.1) is 19.6 Å². The van der Waals surface area contributed by atoms with Crippen LogP contribution in [0, 0.1) is 0 Å². The van der Waals surface area contributed by atoms with Gasteiger partial charge in [-0.3, -0.25) is 0 Å². The van der Waals surface area contributed by atoms with E-state index in [2.05, 4.69) is 0 Å². The lowest BCUT2D eigenvalue weighted by atomic mass is 10.2. The van der Waals surface area contributed by atoms with Crippen molar-refractivity contribution in [1.29, 1.82) is 0 Å². The molecule has 1 atom stereocenters. The van der Waals surface area contributed by atoms with Gasteiger partial charge < -0.3 is 14.3 Å². The van der Waals surface area contributed by atoms with Crippen molar-refractivity contribution < 1.29 is 14.3 Å². The molecule has 0 saturated carbocycles. The largest absolute Gasteiger partial charge is 0.487 e. The van der Waals surface area contributed by atoms with Crippen molar-refractivity contribution in [3.8, 4) is 5.06 Å². The predicted octanol–water partition coefficient (Wildman–Crippen LogP) is 2.43. The van der Waals surface area contributed by atoms with Gasteiger partial charge in [0.25, 0.3) is 0 Å². The van der Waals surface area contributed by atoms with Crippen LogP contribution >= 0.6 is 11.3 Å². The number of aliphatic hydroxyl groups is 1. The molecule has 3 nitrogen and oxygen atoms in total. The lowest BCUT2D eigenvalue weighted by Gasteiger charge is -2.03. The van der Waals surface area contributed by atoms with Gasteiger partial charge in [-0.25, -0.2) is 0 Å². The molecule has 2 rings (SSSR count). The fraction of sp³-hybridized carbons (Fsp3) is 0.200. The summed E-state index contributed by atoms with van der Waals surface area (Å²) in [6.45, 7) is 0. The predicted molar refractivity (Wildman–Crippen MR) is 53.6 cm³/mol. The van der Waals surface area contributed by atoms with E-state index in [9.17, 15) is 5.11 Å². The highest BCUT2D eigenvalue weighted by Gasteiger charge is 2.13. The van der Waals surface area contributed by atoms with Crippen molar-refractivity contribution in [3.63, 3.8) is 0 Å². The Balaban J connectivity index is 2.23. The number of rotatable bonds is 3. The van der Waals surface area contributed by atoms with Crippen LogP contribution in [0.5, 0.6) is 5.06 Å². The lowest BCUT2D eigenvalue weighted by molar-refractivity contribution is 0.223. The number of methoxy groups -OCH3 is 1. The molecule has 4 heteroatoms. The second-order valence-electron chi connectivity index (χ2n) is 2.82. The summed E-state index contributed by atoms with van der Waals surface area (Å²) in [5, 5.41) is 10.7. The zero-order valence-electron chi connectivity index (χ0n) is 7.64. The summed E-state index contributed by atoms with van der Waals surface area (Å²) in [6, 6.07) is 5.43. The summed E-state index contributed by atoms with van der Waals surface area (Å²) in [5.74, 6) is 0. The minimum absolute atomic E-state index is 0.623. The summed E-state index contributed by atoms with van der Waals surface area (Å²) >= 11 is 1.43. The first-order valence-electron chi connectivity index (χ1n) is 4.15. The molecule has 14 heavy (non-hydrogen) atoms. The van der Waals surface area contributed by atoms with Gasteiger partial charge >= 0.3 is 0 Å². The van der Waals surface area contributed by atoms with Crippen molar-refractivity contribution in [2.75, 3.05) is 7.11 Å². The Kier molecular flexibility index (Phi) is 2.56. The Morgan fingerprint density at radius 1 is 1.43 bits per heavy atom. The van der Waals surface area contributed by atoms with Crippen LogP contribution in [0.4, 0.5) is 0 Å². The van der Waals surface area contributed by atoms with Crippen LogP contribution in [0.2, 0.25) is 0 Å². The molecule has 0 fully saturated rings. The zero-order valence-corrected chi connectivity index (χ0v) is 8.45. The SMILES string of the molecule is COc1ccc(C(O)c2ccoc2)s1. The van der Waals surface area contributed by atoms with Crippen LogP contribution < -0.4 is 4.74 Å². The fourth-order valence-corrected chi connectivity index (χ4v) is 2.02. The smallest absolute Gasteiger partial charge is 0.173 e. The number of thiophene rings is 1. The van der Waals surface area contributed by atoms with Crippen LogP contribution in [-0.2, 0) is 0 Å². The molecular weight excluding hydrogens is 200 g/mol. The molecule has 0 aliphatic heterocycles. The van der Waals surface area contributed by atoms with E-state index >= 15 is 0 Å². The average molecular weight is 210 g/mol. The normalized spacial score (nSPS) is 12.7. The van der Waals surface area contributed by atoms with Gasteiger partial charge in [-0.05, 0) is 18.2 Å². The van der Waals surface area contributed by atoms with E-state index in [4.69, 9.17) is 9.15 Å². The first kappa shape index (κ1) is 9.30. The van der Waals surface area contributed by atoms with E-state index in [0.717, 1.165) is 15.5 Å². The molecule has 0 amide bonds. The Hall–Kier alpha value is -1.26. The van der Waals surface area contributed by atoms with E-state index in [1.165, 1.54) is 17.6 Å². The van der Waals surface area contributed by atoms with Crippen molar-refractivity contribution in [1.82, 2.24) is 0 Å². The number of furan rings is 1. The highest BCUT2D eigenvalue weighted by molar-refractivity contribution is 7.13. The number of hydrogen-bond donors (Lipinski definition) is 1. The van der Waals surface area contributed by atoms with Gasteiger partial charge in [0.2, 0.25) is 0 Å². The van der Waals surface area contributed by atoms with Gasteiger partial charge in [-0.1, -0.05) is 0 Å². The Morgan fingerprint density at radius 2 is 2.29 bits per heavy atom. The molecule has 2 aromatic heterocycles. The highest BCUT2D eigenvalue weighted by atomic mass is 32.1. The third-order valence-electron chi connectivity index (χ3n) is 1.93. The molecule has 0 aliphatic carbocycles. The van der Waals surface area contributed by atoms with E-state index in [1.807, 2.05) is 12.1 Å². The fourth-order valence-electron chi connectivity index (χ4n) is 1.19. The van der Waals surface area contributed by atoms with Gasteiger partial charge in [-0.15, -0.1) is 11.3 Å². The Morgan fingerprint density at radius 3 is 2.86 bits per heavy atom. The number of aliphatic hydroxyl groups excluding tert-OH is 1. The van der Waals surface area contributed by atoms with Crippen LogP contribution in [0.1, 0.15) is 16.5 Å². The highest BCUT2D eigenvalue weighted by Crippen LogP contribution is 2.32. The van der Waals surface area contributed by atoms with Crippen LogP contribution in [0.15, 0.2) is 35.1 Å². The molecule has 0 saturated heterocycles. The summed E-state index contributed by atoms with van der Waals surface area (Å²) in [5.41, 5.74) is 0.759. The molecule has 1 N–H and O–H groups in total. The lowest BCUT2D eigenvalue weighted by Crippen LogP contribution is -1.93. The molecule has 0 bridgehead atoms. The van der Waals surface area contributed by atoms with Crippen molar-refractivity contribution >= 4 is 11.3 Å². The van der Waals surface area contributed by atoms with Gasteiger partial charge in [-0.2, -0.15) is 0 Å². The molecule has 0 radical (unpaired) electrons. The molecule has 1 unspecified atom stereocenters. The van der Waals surface area contributed by atoms with E-state index in [0.29, 0.717) is 0 Å². The third-order valence-corrected chi connectivity index (χ3v) is 3.03. The van der Waals surface area contributed by atoms with E-state index < -0.39 is 6.10 Å². The van der Waals surface area contributed by atoms with E-state index in [-0.39, 0.29) is 0 Å². The van der Waals surface area contributed by atoms with Crippen LogP contribution in [0.25, 0.3) is 0 Å². The molecule has 0 aliphatic rings.